The minimum atomic E-state index is -0.342. The molecule has 154 valence electrons. The minimum Gasteiger partial charge on any atom is -0.300 e. The van der Waals surface area contributed by atoms with Crippen molar-refractivity contribution in [3.05, 3.63) is 107 Å². The number of carbonyl (C=O) groups is 1. The molecule has 0 saturated carbocycles. The Labute approximate surface area is 181 Å². The molecule has 1 aliphatic rings. The molecule has 3 atom stereocenters. The second kappa shape index (κ2) is 7.23. The van der Waals surface area contributed by atoms with E-state index in [9.17, 15) is 4.79 Å². The smallest absolute Gasteiger partial charge is 0.135 e. The van der Waals surface area contributed by atoms with Crippen LogP contribution < -0.4 is 0 Å². The highest BCUT2D eigenvalue weighted by Crippen LogP contribution is 2.60. The zero-order valence-electron chi connectivity index (χ0n) is 18.8. The number of Topliss-reactive ketones (excluding diaryl/α,β-unsaturated/α-hetero) is 1. The van der Waals surface area contributed by atoms with Crippen LogP contribution in [-0.2, 0) is 21.0 Å². The van der Waals surface area contributed by atoms with Gasteiger partial charge in [0.2, 0.25) is 0 Å². The molecule has 0 saturated heterocycles. The van der Waals surface area contributed by atoms with Crippen molar-refractivity contribution in [2.24, 2.45) is 5.92 Å². The molecule has 0 aliphatic heterocycles. The van der Waals surface area contributed by atoms with Crippen molar-refractivity contribution < 1.29 is 4.79 Å². The molecule has 0 heterocycles. The molecule has 0 radical (unpaired) electrons. The second-order valence-electron chi connectivity index (χ2n) is 10.0. The van der Waals surface area contributed by atoms with Crippen LogP contribution in [0, 0.1) is 5.92 Å². The van der Waals surface area contributed by atoms with Crippen LogP contribution >= 0.6 is 0 Å². The molecule has 3 unspecified atom stereocenters. The summed E-state index contributed by atoms with van der Waals surface area (Å²) in [6, 6.07) is 30.0. The van der Waals surface area contributed by atoms with Crippen LogP contribution in [0.4, 0.5) is 0 Å². The maximum Gasteiger partial charge on any atom is 0.135 e. The van der Waals surface area contributed by atoms with E-state index in [1.807, 2.05) is 6.07 Å². The third-order valence-corrected chi connectivity index (χ3v) is 7.46. The van der Waals surface area contributed by atoms with Crippen LogP contribution in [0.3, 0.4) is 0 Å². The average molecular weight is 397 g/mol. The van der Waals surface area contributed by atoms with Gasteiger partial charge in [0, 0.05) is 16.7 Å². The summed E-state index contributed by atoms with van der Waals surface area (Å²) in [6.45, 7) is 11.0. The summed E-state index contributed by atoms with van der Waals surface area (Å²) in [5, 5.41) is 0. The Balaban J connectivity index is 1.92. The van der Waals surface area contributed by atoms with E-state index >= 15 is 0 Å². The summed E-state index contributed by atoms with van der Waals surface area (Å²) >= 11 is 0. The van der Waals surface area contributed by atoms with Crippen molar-refractivity contribution in [1.29, 1.82) is 0 Å². The molecule has 1 aliphatic carbocycles. The molecule has 3 aromatic rings. The predicted molar refractivity (Wildman–Crippen MR) is 125 cm³/mol. The van der Waals surface area contributed by atoms with Crippen molar-refractivity contribution in [3.8, 4) is 0 Å². The monoisotopic (exact) mass is 396 g/mol. The highest BCUT2D eigenvalue weighted by atomic mass is 16.1. The summed E-state index contributed by atoms with van der Waals surface area (Å²) in [6.07, 6.45) is 0.910. The van der Waals surface area contributed by atoms with E-state index in [2.05, 4.69) is 107 Å². The van der Waals surface area contributed by atoms with Gasteiger partial charge in [-0.25, -0.2) is 0 Å². The molecular formula is C29H32O. The number of hydrogen-bond donors (Lipinski definition) is 0. The van der Waals surface area contributed by atoms with Gasteiger partial charge in [0.05, 0.1) is 0 Å². The van der Waals surface area contributed by atoms with Crippen molar-refractivity contribution in [2.45, 2.75) is 57.3 Å². The number of carbonyl (C=O) groups excluding carboxylic acids is 1. The molecule has 1 nitrogen and oxygen atoms in total. The van der Waals surface area contributed by atoms with Gasteiger partial charge >= 0.3 is 0 Å². The molecule has 30 heavy (non-hydrogen) atoms. The topological polar surface area (TPSA) is 17.1 Å². The molecule has 4 rings (SSSR count). The lowest BCUT2D eigenvalue weighted by Gasteiger charge is -2.43. The van der Waals surface area contributed by atoms with Crippen LogP contribution in [0.5, 0.6) is 0 Å². The Hall–Kier alpha value is -2.67. The van der Waals surface area contributed by atoms with E-state index in [0.29, 0.717) is 0 Å². The first-order valence-corrected chi connectivity index (χ1v) is 10.9. The zero-order chi connectivity index (χ0) is 21.6. The first-order chi connectivity index (χ1) is 14.2. The fourth-order valence-corrected chi connectivity index (χ4v) is 6.45. The number of rotatable bonds is 5. The van der Waals surface area contributed by atoms with Crippen molar-refractivity contribution >= 4 is 5.78 Å². The quantitative estimate of drug-likeness (QED) is 0.461. The third kappa shape index (κ3) is 3.03. The molecule has 0 fully saturated rings. The maximum atomic E-state index is 13.3. The lowest BCUT2D eigenvalue weighted by Crippen LogP contribution is -2.45. The normalized spacial score (nSPS) is 25.7. The van der Waals surface area contributed by atoms with Crippen LogP contribution in [0.2, 0.25) is 0 Å². The maximum absolute atomic E-state index is 13.3. The Kier molecular flexibility index (Phi) is 4.97. The van der Waals surface area contributed by atoms with Gasteiger partial charge in [-0.3, -0.25) is 4.79 Å². The Morgan fingerprint density at radius 3 is 1.87 bits per heavy atom. The van der Waals surface area contributed by atoms with Crippen LogP contribution in [0.15, 0.2) is 84.9 Å². The van der Waals surface area contributed by atoms with Gasteiger partial charge in [-0.15, -0.1) is 0 Å². The highest BCUT2D eigenvalue weighted by Gasteiger charge is 2.59. The second-order valence-corrected chi connectivity index (χ2v) is 10.0. The van der Waals surface area contributed by atoms with E-state index in [-0.39, 0.29) is 27.9 Å². The van der Waals surface area contributed by atoms with Crippen LogP contribution in [0.1, 0.15) is 63.3 Å². The molecule has 0 spiro atoms. The van der Waals surface area contributed by atoms with Crippen LogP contribution in [0.25, 0.3) is 0 Å². The summed E-state index contributed by atoms with van der Waals surface area (Å²) in [5.74, 6) is 0.150. The molecule has 1 heteroatoms. The van der Waals surface area contributed by atoms with Gasteiger partial charge in [-0.2, -0.15) is 0 Å². The van der Waals surface area contributed by atoms with E-state index in [4.69, 9.17) is 0 Å². The number of fused-ring (bicyclic) bond motifs is 1. The summed E-state index contributed by atoms with van der Waals surface area (Å²) in [5.41, 5.74) is 4.50. The van der Waals surface area contributed by atoms with E-state index in [0.717, 1.165) is 6.42 Å². The van der Waals surface area contributed by atoms with E-state index < -0.39 is 0 Å². The number of ketones is 1. The highest BCUT2D eigenvalue weighted by molar-refractivity contribution is 5.85. The zero-order valence-corrected chi connectivity index (χ0v) is 18.8. The van der Waals surface area contributed by atoms with Crippen LogP contribution in [-0.4, -0.2) is 5.78 Å². The standard InChI is InChI=1S/C29H32O/c1-21(30)26-28(4,20-27(2,3)22-14-8-6-9-15-22)24-18-12-13-19-25(24)29(26,5)23-16-10-7-11-17-23/h6-19,26H,20H2,1-5H3. The minimum absolute atomic E-state index is 0.0568. The first-order valence-electron chi connectivity index (χ1n) is 10.9. The molecule has 0 amide bonds. The van der Waals surface area contributed by atoms with Gasteiger partial charge in [-0.05, 0) is 41.0 Å². The molecular weight excluding hydrogens is 364 g/mol. The number of hydrogen-bond acceptors (Lipinski definition) is 1. The fourth-order valence-electron chi connectivity index (χ4n) is 6.45. The summed E-state index contributed by atoms with van der Waals surface area (Å²) < 4.78 is 0. The first kappa shape index (κ1) is 20.6. The largest absolute Gasteiger partial charge is 0.300 e. The Morgan fingerprint density at radius 1 is 0.800 bits per heavy atom. The van der Waals surface area contributed by atoms with Gasteiger partial charge in [0.1, 0.15) is 5.78 Å². The fraction of sp³-hybridized carbons (Fsp3) is 0.345. The van der Waals surface area contributed by atoms with Crippen molar-refractivity contribution in [2.75, 3.05) is 0 Å². The Morgan fingerprint density at radius 2 is 1.30 bits per heavy atom. The number of benzene rings is 3. The van der Waals surface area contributed by atoms with Crippen molar-refractivity contribution in [3.63, 3.8) is 0 Å². The molecule has 0 aromatic heterocycles. The summed E-state index contributed by atoms with van der Waals surface area (Å²) in [4.78, 5) is 13.3. The van der Waals surface area contributed by atoms with Gasteiger partial charge in [0.25, 0.3) is 0 Å². The van der Waals surface area contributed by atoms with Gasteiger partial charge in [0.15, 0.2) is 0 Å². The van der Waals surface area contributed by atoms with Crippen molar-refractivity contribution in [1.82, 2.24) is 0 Å². The summed E-state index contributed by atoms with van der Waals surface area (Å²) in [7, 11) is 0. The lowest BCUT2D eigenvalue weighted by atomic mass is 9.59. The predicted octanol–water partition coefficient (Wildman–Crippen LogP) is 6.84. The molecule has 3 aromatic carbocycles. The Bertz CT molecular complexity index is 1050. The molecule has 0 N–H and O–H groups in total. The molecule has 0 bridgehead atoms. The lowest BCUT2D eigenvalue weighted by molar-refractivity contribution is -0.124. The van der Waals surface area contributed by atoms with Gasteiger partial charge in [-0.1, -0.05) is 113 Å². The van der Waals surface area contributed by atoms with E-state index in [1.54, 1.807) is 6.92 Å². The third-order valence-electron chi connectivity index (χ3n) is 7.46. The van der Waals surface area contributed by atoms with E-state index in [1.165, 1.54) is 22.3 Å². The SMILES string of the molecule is CC(=O)C1C(C)(CC(C)(C)c2ccccc2)c2ccccc2C1(C)c1ccccc1. The van der Waals surface area contributed by atoms with Gasteiger partial charge < -0.3 is 0 Å². The average Bonchev–Trinajstić information content (AvgIpc) is 2.94.